The zero-order valence-electron chi connectivity index (χ0n) is 9.19. The summed E-state index contributed by atoms with van der Waals surface area (Å²) >= 11 is 5.00. The summed E-state index contributed by atoms with van der Waals surface area (Å²) in [5.74, 6) is -0.233. The van der Waals surface area contributed by atoms with Gasteiger partial charge in [0.2, 0.25) is 0 Å². The minimum absolute atomic E-state index is 0.233. The molecule has 3 aromatic rings. The molecule has 0 unspecified atom stereocenters. The number of hydrogen-bond donors (Lipinski definition) is 0. The molecular weight excluding hydrogens is 315 g/mol. The highest BCUT2D eigenvalue weighted by Gasteiger charge is 2.12. The fourth-order valence-electron chi connectivity index (χ4n) is 1.67. The van der Waals surface area contributed by atoms with E-state index in [-0.39, 0.29) is 5.82 Å². The summed E-state index contributed by atoms with van der Waals surface area (Å²) < 4.78 is 19.5. The second-order valence-corrected chi connectivity index (χ2v) is 5.59. The molecule has 0 amide bonds. The first-order chi connectivity index (χ1) is 8.74. The number of benzene rings is 2. The zero-order valence-corrected chi connectivity index (χ0v) is 11.6. The minimum atomic E-state index is -0.233. The molecule has 0 radical (unpaired) electrons. The van der Waals surface area contributed by atoms with Crippen LogP contribution in [-0.2, 0) is 0 Å². The summed E-state index contributed by atoms with van der Waals surface area (Å²) in [6.07, 6.45) is 0. The van der Waals surface area contributed by atoms with Gasteiger partial charge in [-0.1, -0.05) is 23.9 Å². The zero-order chi connectivity index (χ0) is 12.5. The molecule has 0 N–H and O–H groups in total. The number of para-hydroxylation sites is 1. The minimum Gasteiger partial charge on any atom is -0.448 e. The molecule has 0 bridgehead atoms. The van der Waals surface area contributed by atoms with Gasteiger partial charge in [0, 0.05) is 10.3 Å². The van der Waals surface area contributed by atoms with Gasteiger partial charge in [0.15, 0.2) is 5.09 Å². The molecule has 90 valence electrons. The van der Waals surface area contributed by atoms with Crippen LogP contribution in [0.1, 0.15) is 0 Å². The SMILES string of the molecule is Fc1ccc(Sc2oc3ccccc3c2Br)cc1. The number of fused-ring (bicyclic) bond motifs is 1. The molecule has 0 spiro atoms. The highest BCUT2D eigenvalue weighted by molar-refractivity contribution is 9.10. The molecule has 0 aliphatic heterocycles. The van der Waals surface area contributed by atoms with Crippen molar-refractivity contribution in [3.05, 3.63) is 58.8 Å². The first-order valence-electron chi connectivity index (χ1n) is 5.34. The van der Waals surface area contributed by atoms with E-state index < -0.39 is 0 Å². The lowest BCUT2D eigenvalue weighted by atomic mass is 10.3. The van der Waals surface area contributed by atoms with Crippen LogP contribution in [-0.4, -0.2) is 0 Å². The molecule has 0 aliphatic rings. The van der Waals surface area contributed by atoms with E-state index in [0.29, 0.717) is 0 Å². The van der Waals surface area contributed by atoms with Gasteiger partial charge in [-0.05, 0) is 52.3 Å². The summed E-state index contributed by atoms with van der Waals surface area (Å²) in [4.78, 5) is 0.941. The lowest BCUT2D eigenvalue weighted by Crippen LogP contribution is -1.74. The Morgan fingerprint density at radius 2 is 1.72 bits per heavy atom. The molecule has 3 rings (SSSR count). The predicted molar refractivity (Wildman–Crippen MR) is 74.4 cm³/mol. The lowest BCUT2D eigenvalue weighted by Gasteiger charge is -1.98. The predicted octanol–water partition coefficient (Wildman–Crippen LogP) is 5.49. The van der Waals surface area contributed by atoms with E-state index in [0.717, 1.165) is 25.4 Å². The normalized spacial score (nSPS) is 11.0. The molecule has 1 nitrogen and oxygen atoms in total. The Hall–Kier alpha value is -1.26. The molecule has 0 fully saturated rings. The molecule has 1 heterocycles. The Balaban J connectivity index is 1.99. The molecule has 1 aromatic heterocycles. The van der Waals surface area contributed by atoms with Gasteiger partial charge in [-0.15, -0.1) is 0 Å². The van der Waals surface area contributed by atoms with Gasteiger partial charge in [-0.2, -0.15) is 0 Å². The third-order valence-electron chi connectivity index (χ3n) is 2.53. The molecule has 0 atom stereocenters. The Morgan fingerprint density at radius 1 is 1.00 bits per heavy atom. The number of rotatable bonds is 2. The summed E-state index contributed by atoms with van der Waals surface area (Å²) in [7, 11) is 0. The third kappa shape index (κ3) is 2.18. The van der Waals surface area contributed by atoms with Crippen LogP contribution in [0.25, 0.3) is 11.0 Å². The van der Waals surface area contributed by atoms with E-state index in [4.69, 9.17) is 4.42 Å². The second-order valence-electron chi connectivity index (χ2n) is 3.76. The maximum absolute atomic E-state index is 12.8. The van der Waals surface area contributed by atoms with Crippen molar-refractivity contribution in [1.29, 1.82) is 0 Å². The number of furan rings is 1. The average Bonchev–Trinajstić information content (AvgIpc) is 2.70. The fraction of sp³-hybridized carbons (Fsp3) is 0. The third-order valence-corrected chi connectivity index (χ3v) is 4.56. The lowest BCUT2D eigenvalue weighted by molar-refractivity contribution is 0.511. The number of halogens is 2. The summed E-state index contributed by atoms with van der Waals surface area (Å²) in [6.45, 7) is 0. The van der Waals surface area contributed by atoms with Crippen LogP contribution in [0.5, 0.6) is 0 Å². The van der Waals surface area contributed by atoms with Crippen LogP contribution in [0.2, 0.25) is 0 Å². The highest BCUT2D eigenvalue weighted by Crippen LogP contribution is 2.40. The van der Waals surface area contributed by atoms with Crippen molar-refractivity contribution < 1.29 is 8.81 Å². The van der Waals surface area contributed by atoms with E-state index in [1.165, 1.54) is 23.9 Å². The van der Waals surface area contributed by atoms with Crippen molar-refractivity contribution >= 4 is 38.7 Å². The van der Waals surface area contributed by atoms with Gasteiger partial charge >= 0.3 is 0 Å². The van der Waals surface area contributed by atoms with E-state index in [1.54, 1.807) is 12.1 Å². The smallest absolute Gasteiger partial charge is 0.180 e. The van der Waals surface area contributed by atoms with Crippen molar-refractivity contribution in [2.45, 2.75) is 9.99 Å². The van der Waals surface area contributed by atoms with Gasteiger partial charge in [0.1, 0.15) is 11.4 Å². The van der Waals surface area contributed by atoms with Crippen LogP contribution in [0.3, 0.4) is 0 Å². The van der Waals surface area contributed by atoms with Crippen LogP contribution in [0.15, 0.2) is 67.4 Å². The van der Waals surface area contributed by atoms with Crippen molar-refractivity contribution in [1.82, 2.24) is 0 Å². The topological polar surface area (TPSA) is 13.1 Å². The highest BCUT2D eigenvalue weighted by atomic mass is 79.9. The summed E-state index contributed by atoms with van der Waals surface area (Å²) in [6, 6.07) is 14.2. The number of hydrogen-bond acceptors (Lipinski definition) is 2. The van der Waals surface area contributed by atoms with E-state index in [9.17, 15) is 4.39 Å². The molecule has 2 aromatic carbocycles. The Labute approximate surface area is 116 Å². The molecule has 4 heteroatoms. The molecule has 0 saturated heterocycles. The molecule has 18 heavy (non-hydrogen) atoms. The van der Waals surface area contributed by atoms with Gasteiger partial charge in [-0.25, -0.2) is 4.39 Å². The van der Waals surface area contributed by atoms with Crippen molar-refractivity contribution in [3.63, 3.8) is 0 Å². The van der Waals surface area contributed by atoms with Crippen LogP contribution < -0.4 is 0 Å². The monoisotopic (exact) mass is 322 g/mol. The maximum atomic E-state index is 12.8. The van der Waals surface area contributed by atoms with Crippen LogP contribution in [0.4, 0.5) is 4.39 Å². The fourth-order valence-corrected chi connectivity index (χ4v) is 3.14. The Bertz CT molecular complexity index is 691. The van der Waals surface area contributed by atoms with E-state index in [2.05, 4.69) is 15.9 Å². The van der Waals surface area contributed by atoms with Gasteiger partial charge in [0.25, 0.3) is 0 Å². The molecule has 0 aliphatic carbocycles. The maximum Gasteiger partial charge on any atom is 0.180 e. The van der Waals surface area contributed by atoms with Gasteiger partial charge < -0.3 is 4.42 Å². The Morgan fingerprint density at radius 3 is 2.44 bits per heavy atom. The summed E-state index contributed by atoms with van der Waals surface area (Å²) in [5.41, 5.74) is 0.842. The first-order valence-corrected chi connectivity index (χ1v) is 6.95. The quantitative estimate of drug-likeness (QED) is 0.619. The van der Waals surface area contributed by atoms with E-state index in [1.807, 2.05) is 24.3 Å². The van der Waals surface area contributed by atoms with Crippen molar-refractivity contribution in [3.8, 4) is 0 Å². The van der Waals surface area contributed by atoms with Gasteiger partial charge in [0.05, 0.1) is 4.47 Å². The molecular formula is C14H8BrFOS. The van der Waals surface area contributed by atoms with Crippen LogP contribution in [0, 0.1) is 5.82 Å². The Kier molecular flexibility index (Phi) is 3.14. The van der Waals surface area contributed by atoms with Crippen molar-refractivity contribution in [2.75, 3.05) is 0 Å². The first kappa shape index (κ1) is 11.8. The molecule has 0 saturated carbocycles. The largest absolute Gasteiger partial charge is 0.448 e. The average molecular weight is 323 g/mol. The summed E-state index contributed by atoms with van der Waals surface area (Å²) in [5, 5.41) is 1.82. The van der Waals surface area contributed by atoms with Gasteiger partial charge in [-0.3, -0.25) is 0 Å². The second kappa shape index (κ2) is 4.78. The van der Waals surface area contributed by atoms with Crippen LogP contribution >= 0.6 is 27.7 Å². The standard InChI is InChI=1S/C14H8BrFOS/c15-13-11-3-1-2-4-12(11)17-14(13)18-10-7-5-9(16)6-8-10/h1-8H. The van der Waals surface area contributed by atoms with Crippen molar-refractivity contribution in [2.24, 2.45) is 0 Å². The van der Waals surface area contributed by atoms with E-state index >= 15 is 0 Å².